The van der Waals surface area contributed by atoms with Crippen molar-refractivity contribution in [3.8, 4) is 0 Å². The van der Waals surface area contributed by atoms with Gasteiger partial charge < -0.3 is 24.2 Å². The minimum absolute atomic E-state index is 0.171. The van der Waals surface area contributed by atoms with Crippen LogP contribution in [0, 0.1) is 5.92 Å². The van der Waals surface area contributed by atoms with Crippen molar-refractivity contribution in [2.45, 2.75) is 225 Å². The molecule has 58 heavy (non-hydrogen) atoms. The third kappa shape index (κ3) is 29.0. The van der Waals surface area contributed by atoms with E-state index in [0.29, 0.717) is 38.3 Å². The highest BCUT2D eigenvalue weighted by Crippen LogP contribution is 2.30. The number of carbonyl (C=O) groups excluding carboxylic acids is 3. The Labute approximate surface area is 361 Å². The van der Waals surface area contributed by atoms with Crippen LogP contribution < -0.4 is 0 Å². The van der Waals surface area contributed by atoms with Crippen LogP contribution in [0.1, 0.15) is 208 Å². The molecular weight excluding hydrogens is 749 g/mol. The number of unbranched alkanes of at least 4 members (excludes halogenated alkanes) is 18. The van der Waals surface area contributed by atoms with Crippen molar-refractivity contribution < 1.29 is 33.7 Å². The zero-order valence-electron chi connectivity index (χ0n) is 38.5. The molecule has 10 heteroatoms. The Kier molecular flexibility index (Phi) is 36.3. The molecule has 4 unspecified atom stereocenters. The summed E-state index contributed by atoms with van der Waals surface area (Å²) < 4.78 is 17.6. The van der Waals surface area contributed by atoms with Gasteiger partial charge in [-0.1, -0.05) is 163 Å². The first-order chi connectivity index (χ1) is 28.3. The van der Waals surface area contributed by atoms with Crippen LogP contribution in [0.2, 0.25) is 0 Å². The zero-order chi connectivity index (χ0) is 42.5. The maximum atomic E-state index is 13.6. The number of thioether (sulfide) groups is 1. The van der Waals surface area contributed by atoms with E-state index in [1.807, 2.05) is 13.8 Å². The Balaban J connectivity index is 2.81. The predicted molar refractivity (Wildman–Crippen MR) is 243 cm³/mol. The Morgan fingerprint density at radius 1 is 0.569 bits per heavy atom. The second-order valence-corrected chi connectivity index (χ2v) is 18.7. The summed E-state index contributed by atoms with van der Waals surface area (Å²) in [6.45, 7) is 16.5. The molecule has 4 atom stereocenters. The van der Waals surface area contributed by atoms with E-state index in [2.05, 4.69) is 30.6 Å². The summed E-state index contributed by atoms with van der Waals surface area (Å²) in [5.41, 5.74) is 0. The Bertz CT molecular complexity index is 980. The number of ether oxygens (including phenoxy) is 3. The second-order valence-electron chi connectivity index (χ2n) is 17.1. The number of piperazine rings is 1. The van der Waals surface area contributed by atoms with Gasteiger partial charge in [0.25, 0.3) is 0 Å². The van der Waals surface area contributed by atoms with Gasteiger partial charge in [-0.05, 0) is 51.5 Å². The SMILES string of the molecule is CCCCCCCCCCCCC(CCCCCCCCCC)COC(=O)C(C)SC(CCCCC)C(OC(=O)CCCN1CCN(CCO)CC1)C(=O)OCCC. The smallest absolute Gasteiger partial charge is 0.348 e. The van der Waals surface area contributed by atoms with Gasteiger partial charge in [0.15, 0.2) is 0 Å². The Morgan fingerprint density at radius 3 is 1.53 bits per heavy atom. The fourth-order valence-corrected chi connectivity index (χ4v) is 9.22. The number of aliphatic hydroxyl groups is 1. The molecule has 1 heterocycles. The summed E-state index contributed by atoms with van der Waals surface area (Å²) in [6.07, 6.45) is 29.7. The van der Waals surface area contributed by atoms with E-state index in [0.717, 1.165) is 64.8 Å². The van der Waals surface area contributed by atoms with E-state index in [9.17, 15) is 19.5 Å². The van der Waals surface area contributed by atoms with Crippen molar-refractivity contribution >= 4 is 29.7 Å². The maximum absolute atomic E-state index is 13.6. The Morgan fingerprint density at radius 2 is 1.03 bits per heavy atom. The van der Waals surface area contributed by atoms with Gasteiger partial charge in [-0.15, -0.1) is 11.8 Å². The second kappa shape index (κ2) is 38.6. The fraction of sp³-hybridized carbons (Fsp3) is 0.938. The van der Waals surface area contributed by atoms with E-state index in [1.165, 1.54) is 127 Å². The lowest BCUT2D eigenvalue weighted by molar-refractivity contribution is -0.168. The first kappa shape index (κ1) is 54.7. The van der Waals surface area contributed by atoms with Gasteiger partial charge in [0.1, 0.15) is 5.25 Å². The summed E-state index contributed by atoms with van der Waals surface area (Å²) in [7, 11) is 0. The van der Waals surface area contributed by atoms with Crippen molar-refractivity contribution in [1.82, 2.24) is 9.80 Å². The molecule has 1 fully saturated rings. The molecule has 1 rings (SSSR count). The normalized spacial score (nSPS) is 15.8. The number of carbonyl (C=O) groups is 3. The van der Waals surface area contributed by atoms with Gasteiger partial charge in [-0.2, -0.15) is 0 Å². The monoisotopic (exact) mass is 841 g/mol. The van der Waals surface area contributed by atoms with Crippen LogP contribution in [0.15, 0.2) is 0 Å². The highest BCUT2D eigenvalue weighted by Gasteiger charge is 2.36. The molecule has 342 valence electrons. The van der Waals surface area contributed by atoms with Crippen LogP contribution in [-0.4, -0.2) is 109 Å². The number of β-amino-alcohol motifs (C(OH)–C–C–N with tert-alkyl or cyclic N) is 1. The highest BCUT2D eigenvalue weighted by atomic mass is 32.2. The maximum Gasteiger partial charge on any atom is 0.348 e. The standard InChI is InChI=1S/C48H92N2O7S/c1-6-10-13-15-17-19-20-22-24-27-30-43(29-26-23-21-18-16-14-11-7-2)41-56-47(53)42(5)58-44(31-25-12-8-3)46(48(54)55-40-9-4)57-45(52)32-28-33-49-34-36-50(37-35-49)38-39-51/h42-44,46,51H,6-41H2,1-5H3. The van der Waals surface area contributed by atoms with Crippen molar-refractivity contribution in [2.24, 2.45) is 5.92 Å². The van der Waals surface area contributed by atoms with E-state index >= 15 is 0 Å². The molecule has 1 aliphatic rings. The Hall–Kier alpha value is -1.36. The van der Waals surface area contributed by atoms with Crippen LogP contribution in [0.4, 0.5) is 0 Å². The molecule has 0 radical (unpaired) electrons. The predicted octanol–water partition coefficient (Wildman–Crippen LogP) is 11.3. The molecule has 1 saturated heterocycles. The van der Waals surface area contributed by atoms with Gasteiger partial charge in [-0.3, -0.25) is 14.5 Å². The summed E-state index contributed by atoms with van der Waals surface area (Å²) in [4.78, 5) is 44.9. The lowest BCUT2D eigenvalue weighted by atomic mass is 9.94. The molecule has 0 aliphatic carbocycles. The molecule has 1 aliphatic heterocycles. The van der Waals surface area contributed by atoms with Gasteiger partial charge in [0.05, 0.1) is 25.1 Å². The summed E-state index contributed by atoms with van der Waals surface area (Å²) in [5, 5.41) is 8.33. The average Bonchev–Trinajstić information content (AvgIpc) is 3.22. The quantitative estimate of drug-likeness (QED) is 0.0364. The highest BCUT2D eigenvalue weighted by molar-refractivity contribution is 8.01. The van der Waals surface area contributed by atoms with Crippen LogP contribution in [0.3, 0.4) is 0 Å². The minimum Gasteiger partial charge on any atom is -0.465 e. The van der Waals surface area contributed by atoms with Crippen molar-refractivity contribution in [2.75, 3.05) is 59.1 Å². The largest absolute Gasteiger partial charge is 0.465 e. The van der Waals surface area contributed by atoms with E-state index in [4.69, 9.17) is 14.2 Å². The summed E-state index contributed by atoms with van der Waals surface area (Å²) in [5.74, 6) is -0.797. The van der Waals surface area contributed by atoms with Crippen molar-refractivity contribution in [3.05, 3.63) is 0 Å². The van der Waals surface area contributed by atoms with E-state index in [-0.39, 0.29) is 25.6 Å². The lowest BCUT2D eigenvalue weighted by Crippen LogP contribution is -2.47. The van der Waals surface area contributed by atoms with Crippen LogP contribution >= 0.6 is 11.8 Å². The molecule has 0 amide bonds. The first-order valence-corrected chi connectivity index (χ1v) is 25.5. The van der Waals surface area contributed by atoms with Gasteiger partial charge >= 0.3 is 17.9 Å². The summed E-state index contributed by atoms with van der Waals surface area (Å²) >= 11 is 1.40. The van der Waals surface area contributed by atoms with Crippen molar-refractivity contribution in [1.29, 1.82) is 0 Å². The molecule has 0 aromatic rings. The van der Waals surface area contributed by atoms with Gasteiger partial charge in [0.2, 0.25) is 6.10 Å². The van der Waals surface area contributed by atoms with Gasteiger partial charge in [0, 0.05) is 39.1 Å². The van der Waals surface area contributed by atoms with Gasteiger partial charge in [-0.25, -0.2) is 4.79 Å². The molecular formula is C48H92N2O7S. The lowest BCUT2D eigenvalue weighted by Gasteiger charge is -2.34. The van der Waals surface area contributed by atoms with Crippen LogP contribution in [-0.2, 0) is 28.6 Å². The minimum atomic E-state index is -1.07. The number of hydrogen-bond acceptors (Lipinski definition) is 10. The number of hydrogen-bond donors (Lipinski definition) is 1. The van der Waals surface area contributed by atoms with E-state index < -0.39 is 28.5 Å². The average molecular weight is 841 g/mol. The molecule has 9 nitrogen and oxygen atoms in total. The fourth-order valence-electron chi connectivity index (χ4n) is 7.91. The molecule has 1 N–H and O–H groups in total. The molecule has 0 aromatic carbocycles. The summed E-state index contributed by atoms with van der Waals surface area (Å²) in [6, 6.07) is 0. The van der Waals surface area contributed by atoms with E-state index in [1.54, 1.807) is 0 Å². The number of nitrogens with zero attached hydrogens (tertiary/aromatic N) is 2. The molecule has 0 saturated carbocycles. The molecule has 0 aromatic heterocycles. The zero-order valence-corrected chi connectivity index (χ0v) is 39.3. The van der Waals surface area contributed by atoms with Crippen molar-refractivity contribution in [3.63, 3.8) is 0 Å². The third-order valence-corrected chi connectivity index (χ3v) is 13.1. The topological polar surface area (TPSA) is 106 Å². The number of esters is 3. The third-order valence-electron chi connectivity index (χ3n) is 11.7. The van der Waals surface area contributed by atoms with Crippen LogP contribution in [0.25, 0.3) is 0 Å². The first-order valence-electron chi connectivity index (χ1n) is 24.5. The number of aliphatic hydroxyl groups excluding tert-OH is 1. The number of rotatable bonds is 40. The van der Waals surface area contributed by atoms with Crippen LogP contribution in [0.5, 0.6) is 0 Å². The molecule has 0 spiro atoms. The molecule has 0 bridgehead atoms.